The van der Waals surface area contributed by atoms with Crippen LogP contribution in [0.3, 0.4) is 0 Å². The number of hydrogen-bond donors (Lipinski definition) is 0. The van der Waals surface area contributed by atoms with Crippen LogP contribution in [0.2, 0.25) is 0 Å². The maximum Gasteiger partial charge on any atom is 0 e. The molecule has 0 fully saturated rings. The molecule has 0 saturated heterocycles. The summed E-state index contributed by atoms with van der Waals surface area (Å²) in [5.41, 5.74) is 0. The van der Waals surface area contributed by atoms with Crippen LogP contribution in [0.15, 0.2) is 0 Å². The van der Waals surface area contributed by atoms with Crippen LogP contribution < -0.4 is 0 Å². The first-order valence-electron chi connectivity index (χ1n) is 0.183. The molecule has 0 aromatic carbocycles. The molecule has 0 saturated carbocycles. The van der Waals surface area contributed by atoms with Gasteiger partial charge < -0.3 is 0 Å². The SMILES string of the molecule is [LiH].[S]=[Nb].[Ti]. The fraction of sp³-hybridized carbons (Fsp3) is 0. The summed E-state index contributed by atoms with van der Waals surface area (Å²) >= 11 is 1.33. The van der Waals surface area contributed by atoms with Crippen molar-refractivity contribution >= 4 is 28.4 Å². The van der Waals surface area contributed by atoms with Crippen LogP contribution in [0.4, 0.5) is 0 Å². The van der Waals surface area contributed by atoms with Gasteiger partial charge in [0, 0.05) is 21.7 Å². The topological polar surface area (TPSA) is 0 Å². The molecule has 0 radical (unpaired) electrons. The molecule has 0 aromatic heterocycles. The predicted octanol–water partition coefficient (Wildman–Crippen LogP) is -0.00530. The van der Waals surface area contributed by atoms with Gasteiger partial charge in [-0.15, -0.1) is 0 Å². The summed E-state index contributed by atoms with van der Waals surface area (Å²) in [6.07, 6.45) is 0. The Balaban J connectivity index is -0.00000000500. The van der Waals surface area contributed by atoms with Crippen molar-refractivity contribution in [2.24, 2.45) is 0 Å². The molecule has 0 aliphatic heterocycles. The van der Waals surface area contributed by atoms with Crippen molar-refractivity contribution in [3.63, 3.8) is 0 Å². The average Bonchev–Trinajstić information content (AvgIpc) is 1.00. The van der Waals surface area contributed by atoms with Crippen molar-refractivity contribution in [2.45, 2.75) is 0 Å². The molecule has 4 heavy (non-hydrogen) atoms. The fourth-order valence-corrected chi connectivity index (χ4v) is 0. The summed E-state index contributed by atoms with van der Waals surface area (Å²) in [6, 6.07) is 0. The summed E-state index contributed by atoms with van der Waals surface area (Å²) in [6.45, 7) is 0. The molecule has 4 heteroatoms. The van der Waals surface area contributed by atoms with Gasteiger partial charge in [0.05, 0.1) is 0 Å². The fourth-order valence-electron chi connectivity index (χ4n) is 0. The quantitative estimate of drug-likeness (QED) is 0.473. The molecule has 0 aliphatic carbocycles. The van der Waals surface area contributed by atoms with E-state index in [0.717, 1.165) is 0 Å². The molecule has 0 bridgehead atoms. The van der Waals surface area contributed by atoms with E-state index in [-0.39, 0.29) is 40.6 Å². The van der Waals surface area contributed by atoms with Gasteiger partial charge in [0.1, 0.15) is 0 Å². The Labute approximate surface area is 68.4 Å². The van der Waals surface area contributed by atoms with Crippen LogP contribution in [0, 0.1) is 0 Å². The molecular formula is HLiNbSTi. The van der Waals surface area contributed by atoms with Crippen molar-refractivity contribution in [3.8, 4) is 0 Å². The number of rotatable bonds is 0. The Bertz CT molecular complexity index is 8.00. The third-order valence-electron chi connectivity index (χ3n) is 0. The summed E-state index contributed by atoms with van der Waals surface area (Å²) in [5.74, 6) is 0. The van der Waals surface area contributed by atoms with Gasteiger partial charge >= 0.3 is 47.6 Å². The standard InChI is InChI=1S/Li.Nb.S.Ti.H. The molecule has 0 unspecified atom stereocenters. The summed E-state index contributed by atoms with van der Waals surface area (Å²) in [4.78, 5) is 0. The van der Waals surface area contributed by atoms with Crippen molar-refractivity contribution in [3.05, 3.63) is 0 Å². The Morgan fingerprint density at radius 2 is 1.25 bits per heavy atom. The van der Waals surface area contributed by atoms with Crippen molar-refractivity contribution < 1.29 is 40.9 Å². The van der Waals surface area contributed by atoms with Crippen LogP contribution in [-0.2, 0) is 40.9 Å². The molecule has 0 rings (SSSR count). The van der Waals surface area contributed by atoms with E-state index in [9.17, 15) is 0 Å². The average molecular weight is 181 g/mol. The van der Waals surface area contributed by atoms with Crippen LogP contribution in [0.5, 0.6) is 0 Å². The second-order valence-corrected chi connectivity index (χ2v) is 0. The molecular weight excluding hydrogens is 180 g/mol. The molecule has 0 N–H and O–H groups in total. The molecule has 17 valence electrons. The van der Waals surface area contributed by atoms with E-state index in [2.05, 4.69) is 9.58 Å². The van der Waals surface area contributed by atoms with E-state index < -0.39 is 0 Å². The zero-order valence-electron chi connectivity index (χ0n) is 1.36. The molecule has 0 spiro atoms. The second-order valence-electron chi connectivity index (χ2n) is 0. The van der Waals surface area contributed by atoms with Gasteiger partial charge in [0.2, 0.25) is 0 Å². The Hall–Kier alpha value is 2.27. The molecule has 0 nitrogen and oxygen atoms in total. The molecule has 0 aromatic rings. The minimum atomic E-state index is 0. The zero-order chi connectivity index (χ0) is 2.00. The van der Waals surface area contributed by atoms with E-state index in [1.807, 2.05) is 0 Å². The minimum Gasteiger partial charge on any atom is 0 e. The third-order valence-corrected chi connectivity index (χ3v) is 0. The van der Waals surface area contributed by atoms with Gasteiger partial charge in [-0.25, -0.2) is 0 Å². The molecule has 0 heterocycles. The van der Waals surface area contributed by atoms with Gasteiger partial charge in [-0.05, 0) is 0 Å². The van der Waals surface area contributed by atoms with E-state index in [1.54, 1.807) is 0 Å². The normalized spacial score (nSPS) is 0.750. The summed E-state index contributed by atoms with van der Waals surface area (Å²) in [5, 5.41) is 0. The second kappa shape index (κ2) is 18.6. The summed E-state index contributed by atoms with van der Waals surface area (Å²) < 4.78 is 0. The maximum atomic E-state index is 4.13. The minimum absolute atomic E-state index is 0. The van der Waals surface area contributed by atoms with Crippen LogP contribution in [0.25, 0.3) is 0 Å². The smallest absolute Gasteiger partial charge is 0 e. The molecule has 0 atom stereocenters. The summed E-state index contributed by atoms with van der Waals surface area (Å²) in [7, 11) is 4.13. The van der Waals surface area contributed by atoms with E-state index in [4.69, 9.17) is 0 Å². The third kappa shape index (κ3) is 8.86. The van der Waals surface area contributed by atoms with Gasteiger partial charge in [0.15, 0.2) is 0 Å². The van der Waals surface area contributed by atoms with Crippen LogP contribution in [-0.4, -0.2) is 18.9 Å². The first-order chi connectivity index (χ1) is 1.00. The van der Waals surface area contributed by atoms with Crippen molar-refractivity contribution in [1.29, 1.82) is 0 Å². The zero-order valence-corrected chi connectivity index (χ0v) is 5.93. The molecule has 0 amide bonds. The number of hydrogen-bond acceptors (Lipinski definition) is 1. The monoisotopic (exact) mass is 181 g/mol. The Morgan fingerprint density at radius 1 is 1.25 bits per heavy atom. The predicted molar refractivity (Wildman–Crippen MR) is 14.7 cm³/mol. The van der Waals surface area contributed by atoms with E-state index in [1.165, 1.54) is 19.2 Å². The first-order valence-corrected chi connectivity index (χ1v) is 3.24. The largest absolute Gasteiger partial charge is 0 e. The van der Waals surface area contributed by atoms with E-state index >= 15 is 0 Å². The van der Waals surface area contributed by atoms with Crippen LogP contribution in [0.1, 0.15) is 0 Å². The Morgan fingerprint density at radius 3 is 1.25 bits per heavy atom. The van der Waals surface area contributed by atoms with Gasteiger partial charge in [0.25, 0.3) is 0 Å². The van der Waals surface area contributed by atoms with E-state index in [0.29, 0.717) is 0 Å². The first kappa shape index (κ1) is 16.3. The Kier molecular flexibility index (Phi) is 75.9. The van der Waals surface area contributed by atoms with Gasteiger partial charge in [-0.2, -0.15) is 0 Å². The van der Waals surface area contributed by atoms with Crippen molar-refractivity contribution in [1.82, 2.24) is 0 Å². The molecule has 0 aliphatic rings. The maximum absolute atomic E-state index is 4.13. The van der Waals surface area contributed by atoms with Gasteiger partial charge in [-0.1, -0.05) is 0 Å². The van der Waals surface area contributed by atoms with Crippen LogP contribution >= 0.6 is 9.58 Å². The van der Waals surface area contributed by atoms with Crippen molar-refractivity contribution in [2.75, 3.05) is 0 Å². The van der Waals surface area contributed by atoms with Gasteiger partial charge in [-0.3, -0.25) is 0 Å².